The highest BCUT2D eigenvalue weighted by Gasteiger charge is 2.37. The van der Waals surface area contributed by atoms with Gasteiger partial charge in [0, 0.05) is 17.0 Å². The van der Waals surface area contributed by atoms with E-state index in [2.05, 4.69) is 229 Å². The van der Waals surface area contributed by atoms with Crippen molar-refractivity contribution >= 4 is 21.9 Å². The highest BCUT2D eigenvalue weighted by molar-refractivity contribution is 6.03. The molecule has 7 aromatic carbocycles. The van der Waals surface area contributed by atoms with Crippen LogP contribution in [0.1, 0.15) is 90.6 Å². The summed E-state index contributed by atoms with van der Waals surface area (Å²) in [6.45, 7) is 14.2. The van der Waals surface area contributed by atoms with Crippen LogP contribution in [0.4, 0.5) is 0 Å². The lowest BCUT2D eigenvalue weighted by atomic mass is 9.80. The lowest BCUT2D eigenvalue weighted by molar-refractivity contribution is 0.658. The topological polar surface area (TPSA) is 12.0 Å². The molecule has 1 nitrogen and oxygen atoms in total. The van der Waals surface area contributed by atoms with E-state index in [1.54, 1.807) is 0 Å². The van der Waals surface area contributed by atoms with E-state index < -0.39 is 0 Å². The van der Waals surface area contributed by atoms with Gasteiger partial charge in [0.15, 0.2) is 0 Å². The smallest absolute Gasteiger partial charge is 0.0696 e. The van der Waals surface area contributed by atoms with Crippen LogP contribution in [0.25, 0.3) is 55.3 Å². The zero-order valence-electron chi connectivity index (χ0n) is 36.0. The van der Waals surface area contributed by atoms with Crippen LogP contribution in [0.15, 0.2) is 188 Å². The number of hydrogen-bond acceptors (Lipinski definition) is 1. The molecule has 0 amide bonds. The lowest BCUT2D eigenvalue weighted by Gasteiger charge is -2.24. The maximum absolute atomic E-state index is 3.60. The molecule has 0 spiro atoms. The van der Waals surface area contributed by atoms with Crippen LogP contribution in [-0.2, 0) is 10.8 Å². The Labute approximate surface area is 361 Å². The van der Waals surface area contributed by atoms with Gasteiger partial charge in [-0.05, 0) is 142 Å². The summed E-state index contributed by atoms with van der Waals surface area (Å²) in [6, 6.07) is 53.3. The number of benzene rings is 7. The summed E-state index contributed by atoms with van der Waals surface area (Å²) in [5, 5.41) is 6.18. The zero-order chi connectivity index (χ0) is 41.6. The van der Waals surface area contributed by atoms with E-state index in [4.69, 9.17) is 0 Å². The van der Waals surface area contributed by atoms with Crippen LogP contribution < -0.4 is 5.32 Å². The van der Waals surface area contributed by atoms with Crippen molar-refractivity contribution in [3.8, 4) is 33.4 Å². The Kier molecular flexibility index (Phi) is 8.52. The van der Waals surface area contributed by atoms with Crippen molar-refractivity contribution < 1.29 is 0 Å². The van der Waals surface area contributed by atoms with Gasteiger partial charge in [-0.25, -0.2) is 0 Å². The van der Waals surface area contributed by atoms with Gasteiger partial charge in [0.1, 0.15) is 0 Å². The first-order valence-electron chi connectivity index (χ1n) is 21.9. The largest absolute Gasteiger partial charge is 0.380 e. The Hall–Kier alpha value is -6.70. The summed E-state index contributed by atoms with van der Waals surface area (Å²) in [4.78, 5) is 0. The van der Waals surface area contributed by atoms with Gasteiger partial charge >= 0.3 is 0 Å². The predicted molar refractivity (Wildman–Crippen MR) is 259 cm³/mol. The quantitative estimate of drug-likeness (QED) is 0.177. The molecule has 3 aliphatic carbocycles. The Morgan fingerprint density at radius 1 is 0.590 bits per heavy atom. The molecule has 1 heterocycles. The number of fused-ring (bicyclic) bond motifs is 8. The molecule has 296 valence electrons. The van der Waals surface area contributed by atoms with Crippen molar-refractivity contribution in [2.45, 2.75) is 64.3 Å². The summed E-state index contributed by atoms with van der Waals surface area (Å²) in [5.74, 6) is 0.158. The van der Waals surface area contributed by atoms with Crippen molar-refractivity contribution in [3.63, 3.8) is 0 Å². The standard InChI is InChI=1S/C60H51N/c1-37(41-27-29-49-47-18-10-12-20-54(47)59(3,4)56(49)33-41)31-52(40-25-23-39(24-26-40)44-32-43-15-7-14-22-58(43)61-36-44)51-35-53(46-17-9-8-16-45(46)38(51)2)42-28-30-50-48-19-11-13-21-55(48)60(5,6)57(50)34-42/h7-37,58,61H,1-6H3/b52-31-. The first-order chi connectivity index (χ1) is 29.6. The van der Waals surface area contributed by atoms with E-state index in [1.165, 1.54) is 111 Å². The Morgan fingerprint density at radius 2 is 1.20 bits per heavy atom. The second-order valence-electron chi connectivity index (χ2n) is 18.6. The summed E-state index contributed by atoms with van der Waals surface area (Å²) < 4.78 is 0. The maximum atomic E-state index is 3.60. The molecule has 0 bridgehead atoms. The van der Waals surface area contributed by atoms with E-state index in [0.717, 1.165) is 0 Å². The molecule has 11 rings (SSSR count). The molecule has 1 N–H and O–H groups in total. The molecule has 4 aliphatic rings. The van der Waals surface area contributed by atoms with Gasteiger partial charge in [-0.2, -0.15) is 0 Å². The van der Waals surface area contributed by atoms with Crippen molar-refractivity contribution in [1.29, 1.82) is 0 Å². The van der Waals surface area contributed by atoms with Gasteiger partial charge in [-0.3, -0.25) is 0 Å². The minimum Gasteiger partial charge on any atom is -0.380 e. The monoisotopic (exact) mass is 785 g/mol. The maximum Gasteiger partial charge on any atom is 0.0696 e. The van der Waals surface area contributed by atoms with Gasteiger partial charge in [0.05, 0.1) is 6.04 Å². The first kappa shape index (κ1) is 37.3. The molecule has 0 fully saturated rings. The molecule has 2 unspecified atom stereocenters. The third-order valence-corrected chi connectivity index (χ3v) is 14.4. The van der Waals surface area contributed by atoms with Gasteiger partial charge in [-0.15, -0.1) is 0 Å². The van der Waals surface area contributed by atoms with Crippen molar-refractivity contribution in [3.05, 3.63) is 238 Å². The van der Waals surface area contributed by atoms with E-state index in [1.807, 2.05) is 0 Å². The molecule has 0 radical (unpaired) electrons. The number of hydrogen-bond donors (Lipinski definition) is 1. The predicted octanol–water partition coefficient (Wildman–Crippen LogP) is 15.0. The highest BCUT2D eigenvalue weighted by Crippen LogP contribution is 2.51. The van der Waals surface area contributed by atoms with Crippen LogP contribution in [0.5, 0.6) is 0 Å². The van der Waals surface area contributed by atoms with Crippen LogP contribution in [0.2, 0.25) is 0 Å². The average molecular weight is 786 g/mol. The van der Waals surface area contributed by atoms with Crippen LogP contribution >= 0.6 is 0 Å². The van der Waals surface area contributed by atoms with Crippen molar-refractivity contribution in [2.75, 3.05) is 0 Å². The normalized spacial score (nSPS) is 18.0. The molecule has 61 heavy (non-hydrogen) atoms. The van der Waals surface area contributed by atoms with E-state index in [0.29, 0.717) is 0 Å². The second-order valence-corrected chi connectivity index (χ2v) is 18.6. The number of rotatable bonds is 6. The van der Waals surface area contributed by atoms with Gasteiger partial charge in [0.25, 0.3) is 0 Å². The molecular weight excluding hydrogens is 735 g/mol. The molecule has 0 saturated carbocycles. The number of aryl methyl sites for hydroxylation is 1. The van der Waals surface area contributed by atoms with E-state index >= 15 is 0 Å². The minimum absolute atomic E-state index is 0.0542. The fraction of sp³-hybridized carbons (Fsp3) is 0.167. The fourth-order valence-corrected chi connectivity index (χ4v) is 10.9. The molecule has 2 atom stereocenters. The Morgan fingerprint density at radius 3 is 1.92 bits per heavy atom. The Bertz CT molecular complexity index is 3120. The third kappa shape index (κ3) is 5.89. The summed E-state index contributed by atoms with van der Waals surface area (Å²) in [5.41, 5.74) is 23.5. The lowest BCUT2D eigenvalue weighted by Crippen LogP contribution is -2.27. The van der Waals surface area contributed by atoms with Crippen molar-refractivity contribution in [1.82, 2.24) is 5.32 Å². The number of dihydropyridines is 1. The molecule has 0 aromatic heterocycles. The summed E-state index contributed by atoms with van der Waals surface area (Å²) in [6.07, 6.45) is 15.7. The minimum atomic E-state index is -0.0799. The zero-order valence-corrected chi connectivity index (χ0v) is 36.0. The molecule has 1 aliphatic heterocycles. The SMILES string of the molecule is Cc1c(/C(=C\C(C)c2ccc3c(c2)C(C)(C)c2ccccc2-3)c2ccc(C3=CNC4C=CC=CC4=C3)cc2)cc(-c2ccc3c(c2)C(C)(C)c2ccccc2-3)c2ccccc12. The van der Waals surface area contributed by atoms with Gasteiger partial charge < -0.3 is 5.32 Å². The van der Waals surface area contributed by atoms with E-state index in [9.17, 15) is 0 Å². The molecule has 1 heteroatoms. The number of nitrogens with one attached hydrogen (secondary N) is 1. The van der Waals surface area contributed by atoms with Crippen LogP contribution in [-0.4, -0.2) is 6.04 Å². The van der Waals surface area contributed by atoms with Crippen LogP contribution in [0, 0.1) is 6.92 Å². The average Bonchev–Trinajstić information content (AvgIpc) is 3.67. The van der Waals surface area contributed by atoms with E-state index in [-0.39, 0.29) is 22.8 Å². The van der Waals surface area contributed by atoms with Gasteiger partial charge in [-0.1, -0.05) is 192 Å². The summed E-state index contributed by atoms with van der Waals surface area (Å²) in [7, 11) is 0. The molecule has 7 aromatic rings. The summed E-state index contributed by atoms with van der Waals surface area (Å²) >= 11 is 0. The molecular formula is C60H51N. The van der Waals surface area contributed by atoms with Crippen molar-refractivity contribution in [2.24, 2.45) is 0 Å². The highest BCUT2D eigenvalue weighted by atomic mass is 14.9. The fourth-order valence-electron chi connectivity index (χ4n) is 10.9. The second kappa shape index (κ2) is 13.9. The van der Waals surface area contributed by atoms with Gasteiger partial charge in [0.2, 0.25) is 0 Å². The number of allylic oxidation sites excluding steroid dienone is 5. The molecule has 0 saturated heterocycles. The van der Waals surface area contributed by atoms with Crippen LogP contribution in [0.3, 0.4) is 0 Å². The Balaban J connectivity index is 1.07. The third-order valence-electron chi connectivity index (χ3n) is 14.4. The first-order valence-corrected chi connectivity index (χ1v) is 21.9.